The molecule has 0 aliphatic carbocycles. The van der Waals surface area contributed by atoms with Gasteiger partial charge in [-0.2, -0.15) is 0 Å². The van der Waals surface area contributed by atoms with Gasteiger partial charge >= 0.3 is 0 Å². The summed E-state index contributed by atoms with van der Waals surface area (Å²) in [7, 11) is 0. The van der Waals surface area contributed by atoms with Crippen LogP contribution < -0.4 is 0 Å². The molecule has 0 unspecified atom stereocenters. The number of aliphatic hydroxyl groups is 1. The molecule has 2 rings (SSSR count). The average molecular weight is 332 g/mol. The predicted molar refractivity (Wildman–Crippen MR) is 98.2 cm³/mol. The van der Waals surface area contributed by atoms with Gasteiger partial charge in [-0.15, -0.1) is 0 Å². The number of carbonyl (C=O) groups is 1. The number of Topliss-reactive ketones (excluding diaryl/α,β-unsaturated/α-hetero) is 1. The van der Waals surface area contributed by atoms with Crippen molar-refractivity contribution in [2.24, 2.45) is 5.41 Å². The molecule has 1 aromatic rings. The van der Waals surface area contributed by atoms with Gasteiger partial charge < -0.3 is 5.11 Å². The first-order chi connectivity index (χ1) is 11.3. The third-order valence-electron chi connectivity index (χ3n) is 4.57. The topological polar surface area (TPSA) is 43.8 Å². The molecule has 1 aromatic carbocycles. The highest BCUT2D eigenvalue weighted by molar-refractivity contribution is 5.94. The maximum Gasteiger partial charge on any atom is 0.159 e. The third kappa shape index (κ3) is 5.69. The zero-order chi connectivity index (χ0) is 17.7. The van der Waals surface area contributed by atoms with Crippen LogP contribution >= 0.6 is 0 Å². The summed E-state index contributed by atoms with van der Waals surface area (Å²) >= 11 is 0. The molecule has 1 fully saturated rings. The second kappa shape index (κ2) is 8.24. The van der Waals surface area contributed by atoms with E-state index in [0.29, 0.717) is 6.04 Å². The molecule has 1 aliphatic heterocycles. The first-order valence-corrected chi connectivity index (χ1v) is 8.95. The minimum atomic E-state index is 0.116. The van der Waals surface area contributed by atoms with E-state index in [1.54, 1.807) is 6.92 Å². The first-order valence-electron chi connectivity index (χ1n) is 8.95. The standard InChI is InChI=1S/C20H32N2O2/c1-16(24)18-7-5-6-17(12-18)13-21-9-10-22(15-20(2,3)4)19(14-21)8-11-23/h5-7,12,19,23H,8-11,13-15H2,1-4H3/t19-/m0/s1. The molecule has 4 heteroatoms. The van der Waals surface area contributed by atoms with E-state index in [4.69, 9.17) is 0 Å². The summed E-state index contributed by atoms with van der Waals surface area (Å²) in [4.78, 5) is 16.5. The van der Waals surface area contributed by atoms with Crippen LogP contribution in [0.4, 0.5) is 0 Å². The number of ketones is 1. The third-order valence-corrected chi connectivity index (χ3v) is 4.57. The highest BCUT2D eigenvalue weighted by Gasteiger charge is 2.29. The smallest absolute Gasteiger partial charge is 0.159 e. The lowest BCUT2D eigenvalue weighted by Gasteiger charge is -2.44. The molecule has 0 aromatic heterocycles. The molecule has 1 N–H and O–H groups in total. The van der Waals surface area contributed by atoms with E-state index in [9.17, 15) is 9.90 Å². The van der Waals surface area contributed by atoms with Crippen LogP contribution in [0.2, 0.25) is 0 Å². The molecule has 0 bridgehead atoms. The van der Waals surface area contributed by atoms with Crippen LogP contribution in [-0.4, -0.2) is 59.5 Å². The van der Waals surface area contributed by atoms with Crippen LogP contribution in [0.15, 0.2) is 24.3 Å². The molecule has 1 saturated heterocycles. The molecule has 0 spiro atoms. The van der Waals surface area contributed by atoms with E-state index in [0.717, 1.165) is 44.7 Å². The van der Waals surface area contributed by atoms with Gasteiger partial charge in [0.25, 0.3) is 0 Å². The van der Waals surface area contributed by atoms with Crippen molar-refractivity contribution in [2.75, 3.05) is 32.8 Å². The van der Waals surface area contributed by atoms with E-state index in [2.05, 4.69) is 36.6 Å². The molecular formula is C20H32N2O2. The van der Waals surface area contributed by atoms with Gasteiger partial charge in [0.05, 0.1) is 0 Å². The SMILES string of the molecule is CC(=O)c1cccc(CN2CCN(CC(C)(C)C)[C@@H](CCO)C2)c1. The highest BCUT2D eigenvalue weighted by Crippen LogP contribution is 2.22. The fourth-order valence-electron chi connectivity index (χ4n) is 3.49. The Morgan fingerprint density at radius 3 is 2.67 bits per heavy atom. The fourth-order valence-corrected chi connectivity index (χ4v) is 3.49. The monoisotopic (exact) mass is 332 g/mol. The van der Waals surface area contributed by atoms with Crippen LogP contribution in [0, 0.1) is 5.41 Å². The number of hydrogen-bond donors (Lipinski definition) is 1. The fraction of sp³-hybridized carbons (Fsp3) is 0.650. The summed E-state index contributed by atoms with van der Waals surface area (Å²) in [6, 6.07) is 8.34. The summed E-state index contributed by atoms with van der Waals surface area (Å²) in [5.74, 6) is 0.116. The summed E-state index contributed by atoms with van der Waals surface area (Å²) in [5, 5.41) is 9.43. The van der Waals surface area contributed by atoms with Gasteiger partial charge in [-0.05, 0) is 30.4 Å². The van der Waals surface area contributed by atoms with E-state index in [1.165, 1.54) is 5.56 Å². The van der Waals surface area contributed by atoms with E-state index < -0.39 is 0 Å². The molecule has 0 radical (unpaired) electrons. The van der Waals surface area contributed by atoms with Gasteiger partial charge in [-0.1, -0.05) is 39.0 Å². The van der Waals surface area contributed by atoms with E-state index >= 15 is 0 Å². The zero-order valence-corrected chi connectivity index (χ0v) is 15.6. The predicted octanol–water partition coefficient (Wildman–Crippen LogP) is 2.80. The van der Waals surface area contributed by atoms with Crippen LogP contribution in [0.25, 0.3) is 0 Å². The summed E-state index contributed by atoms with van der Waals surface area (Å²) in [5.41, 5.74) is 2.24. The lowest BCUT2D eigenvalue weighted by atomic mass is 9.94. The number of carbonyl (C=O) groups excluding carboxylic acids is 1. The second-order valence-corrected chi connectivity index (χ2v) is 8.19. The van der Waals surface area contributed by atoms with Crippen LogP contribution in [0.1, 0.15) is 50.0 Å². The number of benzene rings is 1. The number of nitrogens with zero attached hydrogens (tertiary/aromatic N) is 2. The molecular weight excluding hydrogens is 300 g/mol. The number of piperazine rings is 1. The normalized spacial score (nSPS) is 20.3. The molecule has 0 amide bonds. The molecule has 24 heavy (non-hydrogen) atoms. The Labute approximate surface area is 146 Å². The Hall–Kier alpha value is -1.23. The van der Waals surface area contributed by atoms with E-state index in [-0.39, 0.29) is 17.8 Å². The highest BCUT2D eigenvalue weighted by atomic mass is 16.3. The van der Waals surface area contributed by atoms with Crippen molar-refractivity contribution in [2.45, 2.75) is 46.7 Å². The number of rotatable bonds is 6. The summed E-state index contributed by atoms with van der Waals surface area (Å²) in [6.45, 7) is 13.6. The largest absolute Gasteiger partial charge is 0.396 e. The van der Waals surface area contributed by atoms with Crippen molar-refractivity contribution in [1.82, 2.24) is 9.80 Å². The van der Waals surface area contributed by atoms with Crippen molar-refractivity contribution in [3.8, 4) is 0 Å². The average Bonchev–Trinajstić information content (AvgIpc) is 2.49. The first kappa shape index (κ1) is 19.1. The van der Waals surface area contributed by atoms with Gasteiger partial charge in [-0.25, -0.2) is 0 Å². The van der Waals surface area contributed by atoms with Crippen LogP contribution in [0.3, 0.4) is 0 Å². The number of aliphatic hydroxyl groups excluding tert-OH is 1. The zero-order valence-electron chi connectivity index (χ0n) is 15.6. The Morgan fingerprint density at radius 2 is 2.04 bits per heavy atom. The lowest BCUT2D eigenvalue weighted by Crippen LogP contribution is -2.54. The molecule has 134 valence electrons. The van der Waals surface area contributed by atoms with Gasteiger partial charge in [-0.3, -0.25) is 14.6 Å². The van der Waals surface area contributed by atoms with Crippen LogP contribution in [-0.2, 0) is 6.54 Å². The molecule has 0 saturated carbocycles. The molecule has 1 aliphatic rings. The van der Waals surface area contributed by atoms with Crippen molar-refractivity contribution >= 4 is 5.78 Å². The maximum absolute atomic E-state index is 11.6. The lowest BCUT2D eigenvalue weighted by molar-refractivity contribution is 0.0340. The van der Waals surface area contributed by atoms with Crippen molar-refractivity contribution < 1.29 is 9.90 Å². The Bertz CT molecular complexity index is 551. The number of hydrogen-bond acceptors (Lipinski definition) is 4. The minimum Gasteiger partial charge on any atom is -0.396 e. The summed E-state index contributed by atoms with van der Waals surface area (Å²) in [6.07, 6.45) is 0.820. The van der Waals surface area contributed by atoms with E-state index in [1.807, 2.05) is 18.2 Å². The van der Waals surface area contributed by atoms with Crippen molar-refractivity contribution in [1.29, 1.82) is 0 Å². The quantitative estimate of drug-likeness (QED) is 0.814. The summed E-state index contributed by atoms with van der Waals surface area (Å²) < 4.78 is 0. The molecule has 1 atom stereocenters. The maximum atomic E-state index is 11.6. The van der Waals surface area contributed by atoms with Gasteiger partial charge in [0.15, 0.2) is 5.78 Å². The Balaban J connectivity index is 2.01. The van der Waals surface area contributed by atoms with Gasteiger partial charge in [0, 0.05) is 50.9 Å². The van der Waals surface area contributed by atoms with Gasteiger partial charge in [0.2, 0.25) is 0 Å². The minimum absolute atomic E-state index is 0.116. The van der Waals surface area contributed by atoms with Crippen molar-refractivity contribution in [3.05, 3.63) is 35.4 Å². The van der Waals surface area contributed by atoms with Crippen molar-refractivity contribution in [3.63, 3.8) is 0 Å². The van der Waals surface area contributed by atoms with Gasteiger partial charge in [0.1, 0.15) is 0 Å². The Kier molecular flexibility index (Phi) is 6.55. The van der Waals surface area contributed by atoms with Crippen LogP contribution in [0.5, 0.6) is 0 Å². The molecule has 4 nitrogen and oxygen atoms in total. The second-order valence-electron chi connectivity index (χ2n) is 8.19. The Morgan fingerprint density at radius 1 is 1.29 bits per heavy atom. The molecule has 1 heterocycles.